The third kappa shape index (κ3) is 4.48. The van der Waals surface area contributed by atoms with Crippen LogP contribution >= 0.6 is 0 Å². The number of ether oxygens (including phenoxy) is 2. The number of rotatable bonds is 7. The number of imidazole rings is 1. The van der Waals surface area contributed by atoms with Crippen molar-refractivity contribution in [2.75, 3.05) is 7.11 Å². The van der Waals surface area contributed by atoms with E-state index in [0.29, 0.717) is 22.9 Å². The number of benzene rings is 4. The van der Waals surface area contributed by atoms with Crippen molar-refractivity contribution in [3.8, 4) is 17.6 Å². The van der Waals surface area contributed by atoms with Gasteiger partial charge in [-0.05, 0) is 52.7 Å². The summed E-state index contributed by atoms with van der Waals surface area (Å²) in [6, 6.07) is 26.0. The van der Waals surface area contributed by atoms with Gasteiger partial charge in [-0.1, -0.05) is 42.5 Å². The van der Waals surface area contributed by atoms with Crippen molar-refractivity contribution in [1.82, 2.24) is 9.97 Å². The summed E-state index contributed by atoms with van der Waals surface area (Å²) in [4.78, 5) is 18.9. The number of aromatic amines is 1. The fraction of sp³-hybridized carbons (Fsp3) is 0.0690. The molecule has 2 N–H and O–H groups in total. The maximum atomic E-state index is 11.1. The molecule has 0 saturated heterocycles. The predicted octanol–water partition coefficient (Wildman–Crippen LogP) is 6.07. The average Bonchev–Trinajstić information content (AvgIpc) is 3.34. The zero-order chi connectivity index (χ0) is 25.1. The van der Waals surface area contributed by atoms with Crippen LogP contribution in [0.3, 0.4) is 0 Å². The zero-order valence-electron chi connectivity index (χ0n) is 19.4. The van der Waals surface area contributed by atoms with Crippen LogP contribution in [-0.2, 0) is 6.61 Å². The summed E-state index contributed by atoms with van der Waals surface area (Å²) >= 11 is 0. The second-order valence-electron chi connectivity index (χ2n) is 8.13. The van der Waals surface area contributed by atoms with Gasteiger partial charge in [0.15, 0.2) is 0 Å². The van der Waals surface area contributed by atoms with Crippen LogP contribution in [0.1, 0.15) is 27.3 Å². The first-order valence-electron chi connectivity index (χ1n) is 11.2. The molecular weight excluding hydrogens is 454 g/mol. The summed E-state index contributed by atoms with van der Waals surface area (Å²) in [7, 11) is 1.60. The van der Waals surface area contributed by atoms with Crippen LogP contribution in [0.2, 0.25) is 0 Å². The number of hydrogen-bond acceptors (Lipinski definition) is 5. The van der Waals surface area contributed by atoms with Gasteiger partial charge in [-0.15, -0.1) is 0 Å². The third-order valence-corrected chi connectivity index (χ3v) is 5.88. The van der Waals surface area contributed by atoms with Crippen LogP contribution in [0.25, 0.3) is 33.5 Å². The molecule has 0 saturated carbocycles. The minimum atomic E-state index is -0.975. The number of H-pyrrole nitrogens is 1. The van der Waals surface area contributed by atoms with Gasteiger partial charge in [0.05, 0.1) is 29.3 Å². The molecule has 4 aromatic carbocycles. The lowest BCUT2D eigenvalue weighted by Gasteiger charge is -2.13. The summed E-state index contributed by atoms with van der Waals surface area (Å²) in [5.41, 5.74) is 3.66. The Morgan fingerprint density at radius 3 is 2.64 bits per heavy atom. The molecule has 0 radical (unpaired) electrons. The number of nitrogens with one attached hydrogen (secondary N) is 1. The third-order valence-electron chi connectivity index (χ3n) is 5.88. The number of aromatic carboxylic acids is 1. The molecule has 5 rings (SSSR count). The Bertz CT molecular complexity index is 1660. The number of carboxylic acids is 1. The Hall–Kier alpha value is -5.09. The minimum absolute atomic E-state index is 0.218. The SMILES string of the molecule is COc1ccc2nc(/C(C#N)=C\c3c(OCc4ccc(C(=O)O)cc4)ccc4ccccc34)[nH]c2c1. The van der Waals surface area contributed by atoms with E-state index in [-0.39, 0.29) is 12.2 Å². The predicted molar refractivity (Wildman–Crippen MR) is 138 cm³/mol. The Morgan fingerprint density at radius 1 is 1.08 bits per heavy atom. The summed E-state index contributed by atoms with van der Waals surface area (Å²) in [5, 5.41) is 21.1. The molecule has 5 aromatic rings. The highest BCUT2D eigenvalue weighted by Crippen LogP contribution is 2.32. The normalized spacial score (nSPS) is 11.4. The molecule has 36 heavy (non-hydrogen) atoms. The Labute approximate surface area is 206 Å². The lowest BCUT2D eigenvalue weighted by molar-refractivity contribution is 0.0697. The number of allylic oxidation sites excluding steroid dienone is 1. The second-order valence-corrected chi connectivity index (χ2v) is 8.13. The van der Waals surface area contributed by atoms with Crippen molar-refractivity contribution in [3.05, 3.63) is 101 Å². The molecule has 7 heteroatoms. The molecule has 1 heterocycles. The van der Waals surface area contributed by atoms with Crippen LogP contribution in [-0.4, -0.2) is 28.2 Å². The highest BCUT2D eigenvalue weighted by Gasteiger charge is 2.13. The maximum absolute atomic E-state index is 11.1. The monoisotopic (exact) mass is 475 g/mol. The molecule has 0 unspecified atom stereocenters. The molecule has 0 amide bonds. The molecule has 0 aliphatic carbocycles. The Kier molecular flexibility index (Phi) is 6.08. The van der Waals surface area contributed by atoms with E-state index in [1.54, 1.807) is 37.5 Å². The quantitative estimate of drug-likeness (QED) is 0.277. The van der Waals surface area contributed by atoms with Gasteiger partial charge in [0.2, 0.25) is 0 Å². The van der Waals surface area contributed by atoms with Crippen molar-refractivity contribution < 1.29 is 19.4 Å². The lowest BCUT2D eigenvalue weighted by Crippen LogP contribution is -2.00. The number of fused-ring (bicyclic) bond motifs is 2. The van der Waals surface area contributed by atoms with Crippen LogP contribution in [0.4, 0.5) is 0 Å². The van der Waals surface area contributed by atoms with Crippen molar-refractivity contribution in [3.63, 3.8) is 0 Å². The number of methoxy groups -OCH3 is 1. The molecule has 176 valence electrons. The van der Waals surface area contributed by atoms with E-state index in [1.807, 2.05) is 54.6 Å². The van der Waals surface area contributed by atoms with Gasteiger partial charge in [0.1, 0.15) is 30.0 Å². The van der Waals surface area contributed by atoms with Crippen molar-refractivity contribution in [2.45, 2.75) is 6.61 Å². The van der Waals surface area contributed by atoms with E-state index in [2.05, 4.69) is 16.0 Å². The van der Waals surface area contributed by atoms with E-state index in [4.69, 9.17) is 14.6 Å². The Morgan fingerprint density at radius 2 is 1.89 bits per heavy atom. The van der Waals surface area contributed by atoms with E-state index in [0.717, 1.165) is 32.9 Å². The van der Waals surface area contributed by atoms with Crippen molar-refractivity contribution in [1.29, 1.82) is 5.26 Å². The number of hydrogen-bond donors (Lipinski definition) is 2. The fourth-order valence-electron chi connectivity index (χ4n) is 4.00. The molecule has 0 fully saturated rings. The van der Waals surface area contributed by atoms with Gasteiger partial charge < -0.3 is 19.6 Å². The molecule has 0 atom stereocenters. The van der Waals surface area contributed by atoms with Crippen LogP contribution in [0.15, 0.2) is 78.9 Å². The number of nitriles is 1. The molecule has 0 aliphatic rings. The van der Waals surface area contributed by atoms with Gasteiger partial charge in [-0.2, -0.15) is 5.26 Å². The standard InChI is InChI=1S/C29H21N3O4/c1-35-22-11-12-25-26(15-22)32-28(31-25)21(16-30)14-24-23-5-3-2-4-19(23)10-13-27(24)36-17-18-6-8-20(9-7-18)29(33)34/h2-15H,17H2,1H3,(H,31,32)(H,33,34)/b21-14-. The van der Waals surface area contributed by atoms with E-state index >= 15 is 0 Å². The second kappa shape index (κ2) is 9.65. The highest BCUT2D eigenvalue weighted by atomic mass is 16.5. The first-order valence-corrected chi connectivity index (χ1v) is 11.2. The summed E-state index contributed by atoms with van der Waals surface area (Å²) in [6.07, 6.45) is 1.78. The smallest absolute Gasteiger partial charge is 0.335 e. The summed E-state index contributed by atoms with van der Waals surface area (Å²) in [5.74, 6) is 0.768. The summed E-state index contributed by atoms with van der Waals surface area (Å²) < 4.78 is 11.4. The number of carboxylic acid groups (broad SMARTS) is 1. The number of carbonyl (C=O) groups is 1. The van der Waals surface area contributed by atoms with E-state index < -0.39 is 5.97 Å². The largest absolute Gasteiger partial charge is 0.497 e. The first kappa shape index (κ1) is 22.7. The van der Waals surface area contributed by atoms with Gasteiger partial charge in [0.25, 0.3) is 0 Å². The van der Waals surface area contributed by atoms with E-state index in [9.17, 15) is 10.1 Å². The van der Waals surface area contributed by atoms with Crippen LogP contribution in [0.5, 0.6) is 11.5 Å². The lowest BCUT2D eigenvalue weighted by atomic mass is 10.0. The average molecular weight is 476 g/mol. The van der Waals surface area contributed by atoms with Gasteiger partial charge in [-0.3, -0.25) is 0 Å². The topological polar surface area (TPSA) is 108 Å². The molecule has 0 aliphatic heterocycles. The van der Waals surface area contributed by atoms with E-state index in [1.165, 1.54) is 0 Å². The fourth-order valence-corrected chi connectivity index (χ4v) is 4.00. The number of nitrogens with zero attached hydrogens (tertiary/aromatic N) is 2. The molecule has 0 bridgehead atoms. The van der Waals surface area contributed by atoms with Crippen molar-refractivity contribution >= 4 is 39.4 Å². The van der Waals surface area contributed by atoms with Crippen LogP contribution in [0, 0.1) is 11.3 Å². The zero-order valence-corrected chi connectivity index (χ0v) is 19.4. The molecular formula is C29H21N3O4. The molecule has 7 nitrogen and oxygen atoms in total. The van der Waals surface area contributed by atoms with Gasteiger partial charge in [0, 0.05) is 11.6 Å². The van der Waals surface area contributed by atoms with Crippen LogP contribution < -0.4 is 9.47 Å². The van der Waals surface area contributed by atoms with Gasteiger partial charge in [-0.25, -0.2) is 9.78 Å². The number of aromatic nitrogens is 2. The van der Waals surface area contributed by atoms with Gasteiger partial charge >= 0.3 is 5.97 Å². The first-order chi connectivity index (χ1) is 17.6. The maximum Gasteiger partial charge on any atom is 0.335 e. The summed E-state index contributed by atoms with van der Waals surface area (Å²) in [6.45, 7) is 0.241. The molecule has 0 spiro atoms. The highest BCUT2D eigenvalue weighted by molar-refractivity contribution is 6.00. The van der Waals surface area contributed by atoms with Crippen molar-refractivity contribution in [2.24, 2.45) is 0 Å². The molecule has 1 aromatic heterocycles. The Balaban J connectivity index is 1.54. The minimum Gasteiger partial charge on any atom is -0.497 e.